The first-order valence-electron chi connectivity index (χ1n) is 5.32. The number of carbonyl (C=O) groups is 1. The van der Waals surface area contributed by atoms with E-state index < -0.39 is 0 Å². The lowest BCUT2D eigenvalue weighted by atomic mass is 9.94. The summed E-state index contributed by atoms with van der Waals surface area (Å²) in [5.74, 6) is -0.216. The SMILES string of the molecule is CCN1Cc2ccccc2CC1C(N)=O. The second kappa shape index (κ2) is 4.03. The van der Waals surface area contributed by atoms with E-state index in [4.69, 9.17) is 5.73 Å². The zero-order chi connectivity index (χ0) is 10.8. The third-order valence-electron chi connectivity index (χ3n) is 3.08. The van der Waals surface area contributed by atoms with Crippen LogP contribution in [0.5, 0.6) is 0 Å². The van der Waals surface area contributed by atoms with E-state index in [2.05, 4.69) is 24.0 Å². The fraction of sp³-hybridized carbons (Fsp3) is 0.417. The Morgan fingerprint density at radius 2 is 2.13 bits per heavy atom. The van der Waals surface area contributed by atoms with E-state index in [1.807, 2.05) is 12.1 Å². The second-order valence-electron chi connectivity index (χ2n) is 3.95. The summed E-state index contributed by atoms with van der Waals surface area (Å²) >= 11 is 0. The van der Waals surface area contributed by atoms with Crippen LogP contribution in [0.1, 0.15) is 18.1 Å². The van der Waals surface area contributed by atoms with E-state index in [9.17, 15) is 4.79 Å². The number of fused-ring (bicyclic) bond motifs is 1. The molecule has 0 aliphatic carbocycles. The van der Waals surface area contributed by atoms with Crippen molar-refractivity contribution in [1.29, 1.82) is 0 Å². The molecule has 0 radical (unpaired) electrons. The summed E-state index contributed by atoms with van der Waals surface area (Å²) in [6.45, 7) is 3.76. The first-order chi connectivity index (χ1) is 7.22. The Kier molecular flexibility index (Phi) is 2.73. The zero-order valence-corrected chi connectivity index (χ0v) is 8.94. The molecule has 0 spiro atoms. The summed E-state index contributed by atoms with van der Waals surface area (Å²) in [5.41, 5.74) is 7.98. The summed E-state index contributed by atoms with van der Waals surface area (Å²) in [5, 5.41) is 0. The highest BCUT2D eigenvalue weighted by atomic mass is 16.1. The van der Waals surface area contributed by atoms with Crippen LogP contribution < -0.4 is 5.73 Å². The molecule has 1 aliphatic heterocycles. The Bertz CT molecular complexity index is 376. The van der Waals surface area contributed by atoms with Gasteiger partial charge in [0.05, 0.1) is 6.04 Å². The van der Waals surface area contributed by atoms with Crippen LogP contribution in [0.25, 0.3) is 0 Å². The van der Waals surface area contributed by atoms with Crippen LogP contribution in [0.15, 0.2) is 24.3 Å². The lowest BCUT2D eigenvalue weighted by Gasteiger charge is -2.34. The Balaban J connectivity index is 2.30. The standard InChI is InChI=1S/C12H16N2O/c1-2-14-8-10-6-4-3-5-9(10)7-11(14)12(13)15/h3-6,11H,2,7-8H2,1H3,(H2,13,15). The summed E-state index contributed by atoms with van der Waals surface area (Å²) in [4.78, 5) is 13.4. The molecule has 0 saturated heterocycles. The maximum Gasteiger partial charge on any atom is 0.235 e. The molecule has 0 saturated carbocycles. The van der Waals surface area contributed by atoms with Crippen molar-refractivity contribution in [3.63, 3.8) is 0 Å². The molecule has 1 aromatic carbocycles. The van der Waals surface area contributed by atoms with Gasteiger partial charge in [0, 0.05) is 6.54 Å². The smallest absolute Gasteiger partial charge is 0.235 e. The number of rotatable bonds is 2. The van der Waals surface area contributed by atoms with Crippen LogP contribution in [-0.2, 0) is 17.8 Å². The van der Waals surface area contributed by atoms with Crippen molar-refractivity contribution in [1.82, 2.24) is 4.90 Å². The number of likely N-dealkylation sites (N-methyl/N-ethyl adjacent to an activating group) is 1. The number of primary amides is 1. The molecule has 0 aromatic heterocycles. The topological polar surface area (TPSA) is 46.3 Å². The normalized spacial score (nSPS) is 21.0. The lowest BCUT2D eigenvalue weighted by Crippen LogP contribution is -2.48. The summed E-state index contributed by atoms with van der Waals surface area (Å²) in [6.07, 6.45) is 0.749. The summed E-state index contributed by atoms with van der Waals surface area (Å²) < 4.78 is 0. The van der Waals surface area contributed by atoms with Gasteiger partial charge in [0.15, 0.2) is 0 Å². The third kappa shape index (κ3) is 1.88. The van der Waals surface area contributed by atoms with E-state index in [1.165, 1.54) is 11.1 Å². The monoisotopic (exact) mass is 204 g/mol. The van der Waals surface area contributed by atoms with Gasteiger partial charge in [0.25, 0.3) is 0 Å². The highest BCUT2D eigenvalue weighted by molar-refractivity contribution is 5.80. The van der Waals surface area contributed by atoms with Crippen LogP contribution in [0.2, 0.25) is 0 Å². The van der Waals surface area contributed by atoms with Crippen LogP contribution in [0, 0.1) is 0 Å². The fourth-order valence-electron chi connectivity index (χ4n) is 2.19. The lowest BCUT2D eigenvalue weighted by molar-refractivity contribution is -0.123. The predicted molar refractivity (Wildman–Crippen MR) is 59.2 cm³/mol. The van der Waals surface area contributed by atoms with Crippen LogP contribution in [0.4, 0.5) is 0 Å². The second-order valence-corrected chi connectivity index (χ2v) is 3.95. The molecule has 1 atom stereocenters. The molecule has 1 unspecified atom stereocenters. The number of carbonyl (C=O) groups excluding carboxylic acids is 1. The molecule has 3 nitrogen and oxygen atoms in total. The van der Waals surface area contributed by atoms with Crippen LogP contribution in [0.3, 0.4) is 0 Å². The van der Waals surface area contributed by atoms with Gasteiger partial charge in [-0.05, 0) is 24.1 Å². The Morgan fingerprint density at radius 3 is 2.73 bits per heavy atom. The van der Waals surface area contributed by atoms with Crippen molar-refractivity contribution in [2.24, 2.45) is 5.73 Å². The molecule has 0 fully saturated rings. The average molecular weight is 204 g/mol. The molecular weight excluding hydrogens is 188 g/mol. The first kappa shape index (κ1) is 10.2. The largest absolute Gasteiger partial charge is 0.368 e. The highest BCUT2D eigenvalue weighted by Gasteiger charge is 2.28. The molecule has 15 heavy (non-hydrogen) atoms. The van der Waals surface area contributed by atoms with Gasteiger partial charge >= 0.3 is 0 Å². The fourth-order valence-corrected chi connectivity index (χ4v) is 2.19. The minimum absolute atomic E-state index is 0.134. The van der Waals surface area contributed by atoms with Gasteiger partial charge in [0.1, 0.15) is 0 Å². The number of hydrogen-bond acceptors (Lipinski definition) is 2. The molecule has 1 aliphatic rings. The van der Waals surface area contributed by atoms with Crippen molar-refractivity contribution in [3.8, 4) is 0 Å². The van der Waals surface area contributed by atoms with Gasteiger partial charge < -0.3 is 5.73 Å². The van der Waals surface area contributed by atoms with Gasteiger partial charge in [-0.1, -0.05) is 31.2 Å². The van der Waals surface area contributed by atoms with Gasteiger partial charge in [-0.2, -0.15) is 0 Å². The minimum atomic E-state index is -0.216. The van der Waals surface area contributed by atoms with Crippen molar-refractivity contribution < 1.29 is 4.79 Å². The van der Waals surface area contributed by atoms with Gasteiger partial charge in [0.2, 0.25) is 5.91 Å². The molecule has 80 valence electrons. The highest BCUT2D eigenvalue weighted by Crippen LogP contribution is 2.22. The molecule has 2 rings (SSSR count). The molecule has 2 N–H and O–H groups in total. The molecule has 1 aromatic rings. The summed E-state index contributed by atoms with van der Waals surface area (Å²) in [6, 6.07) is 8.12. The minimum Gasteiger partial charge on any atom is -0.368 e. The van der Waals surface area contributed by atoms with E-state index in [1.54, 1.807) is 0 Å². The number of nitrogens with two attached hydrogens (primary N) is 1. The number of nitrogens with zero attached hydrogens (tertiary/aromatic N) is 1. The van der Waals surface area contributed by atoms with Gasteiger partial charge in [-0.25, -0.2) is 0 Å². The van der Waals surface area contributed by atoms with E-state index >= 15 is 0 Å². The molecule has 3 heteroatoms. The molecule has 1 amide bonds. The molecule has 1 heterocycles. The first-order valence-corrected chi connectivity index (χ1v) is 5.32. The van der Waals surface area contributed by atoms with Crippen LogP contribution in [-0.4, -0.2) is 23.4 Å². The van der Waals surface area contributed by atoms with Crippen LogP contribution >= 0.6 is 0 Å². The maximum atomic E-state index is 11.3. The number of amides is 1. The number of benzene rings is 1. The van der Waals surface area contributed by atoms with Crippen molar-refractivity contribution in [2.75, 3.05) is 6.54 Å². The van der Waals surface area contributed by atoms with E-state index in [-0.39, 0.29) is 11.9 Å². The third-order valence-corrected chi connectivity index (χ3v) is 3.08. The Morgan fingerprint density at radius 1 is 1.47 bits per heavy atom. The Labute approximate surface area is 89.9 Å². The van der Waals surface area contributed by atoms with Crippen molar-refractivity contribution in [3.05, 3.63) is 35.4 Å². The van der Waals surface area contributed by atoms with E-state index in [0.717, 1.165) is 19.5 Å². The maximum absolute atomic E-state index is 11.3. The molecular formula is C12H16N2O. The predicted octanol–water partition coefficient (Wildman–Crippen LogP) is 0.918. The van der Waals surface area contributed by atoms with Crippen molar-refractivity contribution >= 4 is 5.91 Å². The van der Waals surface area contributed by atoms with Crippen molar-refractivity contribution in [2.45, 2.75) is 25.9 Å². The number of hydrogen-bond donors (Lipinski definition) is 1. The summed E-state index contributed by atoms with van der Waals surface area (Å²) in [7, 11) is 0. The molecule has 0 bridgehead atoms. The van der Waals surface area contributed by atoms with Gasteiger partial charge in [-0.3, -0.25) is 9.69 Å². The van der Waals surface area contributed by atoms with E-state index in [0.29, 0.717) is 0 Å². The Hall–Kier alpha value is -1.35. The van der Waals surface area contributed by atoms with Gasteiger partial charge in [-0.15, -0.1) is 0 Å². The average Bonchev–Trinajstić information content (AvgIpc) is 2.27. The zero-order valence-electron chi connectivity index (χ0n) is 8.94. The quantitative estimate of drug-likeness (QED) is 0.778.